The number of carbonyl (C=O) groups is 2. The summed E-state index contributed by atoms with van der Waals surface area (Å²) in [6.07, 6.45) is 7.00. The zero-order chi connectivity index (χ0) is 28.1. The molecule has 5 nitrogen and oxygen atoms in total. The van der Waals surface area contributed by atoms with E-state index in [2.05, 4.69) is 15.9 Å². The number of hydrogen-bond donors (Lipinski definition) is 1. The zero-order valence-electron chi connectivity index (χ0n) is 22.7. The summed E-state index contributed by atoms with van der Waals surface area (Å²) in [7, 11) is 0. The number of anilines is 1. The van der Waals surface area contributed by atoms with Gasteiger partial charge in [-0.2, -0.15) is 0 Å². The van der Waals surface area contributed by atoms with Gasteiger partial charge in [0.15, 0.2) is 11.6 Å². The number of aromatic hydroxyl groups is 1. The zero-order valence-corrected chi connectivity index (χ0v) is 24.3. The van der Waals surface area contributed by atoms with Crippen molar-refractivity contribution in [2.45, 2.75) is 20.4 Å². The molecule has 5 rings (SSSR count). The first kappa shape index (κ1) is 27.8. The van der Waals surface area contributed by atoms with Gasteiger partial charge in [0, 0.05) is 64.9 Å². The lowest BCUT2D eigenvalue weighted by Crippen LogP contribution is -2.46. The number of phenols is 1. The highest BCUT2D eigenvalue weighted by molar-refractivity contribution is 7.11. The van der Waals surface area contributed by atoms with Gasteiger partial charge in [0.1, 0.15) is 5.75 Å². The van der Waals surface area contributed by atoms with E-state index in [1.54, 1.807) is 53.0 Å². The van der Waals surface area contributed by atoms with Crippen molar-refractivity contribution in [3.63, 3.8) is 0 Å². The van der Waals surface area contributed by atoms with E-state index in [9.17, 15) is 14.7 Å². The molecule has 1 aliphatic rings. The summed E-state index contributed by atoms with van der Waals surface area (Å²) in [6.45, 7) is 8.00. The molecule has 7 heteroatoms. The van der Waals surface area contributed by atoms with Crippen LogP contribution in [0, 0.1) is 13.8 Å². The van der Waals surface area contributed by atoms with Crippen molar-refractivity contribution < 1.29 is 14.7 Å². The quantitative estimate of drug-likeness (QED) is 0.170. The predicted octanol–water partition coefficient (Wildman–Crippen LogP) is 7.25. The first-order chi connectivity index (χ1) is 19.4. The molecule has 0 bridgehead atoms. The third-order valence-corrected chi connectivity index (χ3v) is 9.19. The first-order valence-electron chi connectivity index (χ1n) is 13.3. The number of phenolic OH excluding ortho intramolecular Hbond substituents is 1. The molecular weight excluding hydrogens is 537 g/mol. The highest BCUT2D eigenvalue weighted by Crippen LogP contribution is 2.24. The van der Waals surface area contributed by atoms with Crippen LogP contribution in [0.15, 0.2) is 77.5 Å². The number of aryl methyl sites for hydroxylation is 2. The summed E-state index contributed by atoms with van der Waals surface area (Å²) in [4.78, 5) is 32.2. The van der Waals surface area contributed by atoms with E-state index >= 15 is 0 Å². The van der Waals surface area contributed by atoms with Crippen molar-refractivity contribution in [2.24, 2.45) is 0 Å². The molecule has 1 N–H and O–H groups in total. The standard InChI is InChI=1S/C33H32N2O3S2/c1-23-13-19-39-32(23)11-9-29(36)25-3-6-28(7-4-25)35-17-15-34(16-18-35)22-27-21-26(5-8-31(27)38)30(37)10-12-33-24(2)14-20-40-33/h3-14,19-21,38H,15-18,22H2,1-2H3/b11-9+,12-10+. The Balaban J connectivity index is 1.16. The molecule has 0 unspecified atom stereocenters. The van der Waals surface area contributed by atoms with Gasteiger partial charge in [-0.15, -0.1) is 22.7 Å². The van der Waals surface area contributed by atoms with E-state index in [1.165, 1.54) is 5.56 Å². The molecule has 0 radical (unpaired) electrons. The van der Waals surface area contributed by atoms with Gasteiger partial charge in [0.25, 0.3) is 0 Å². The molecule has 3 heterocycles. The van der Waals surface area contributed by atoms with Gasteiger partial charge in [-0.1, -0.05) is 0 Å². The summed E-state index contributed by atoms with van der Waals surface area (Å²) in [5.41, 5.74) is 5.44. The van der Waals surface area contributed by atoms with Gasteiger partial charge >= 0.3 is 0 Å². The van der Waals surface area contributed by atoms with Crippen molar-refractivity contribution in [3.05, 3.63) is 115 Å². The predicted molar refractivity (Wildman–Crippen MR) is 167 cm³/mol. The third-order valence-electron chi connectivity index (χ3n) is 7.22. The molecule has 1 fully saturated rings. The molecule has 0 saturated carbocycles. The number of nitrogens with zero attached hydrogens (tertiary/aromatic N) is 2. The fraction of sp³-hybridized carbons (Fsp3) is 0.212. The fourth-order valence-electron chi connectivity index (χ4n) is 4.71. The van der Waals surface area contributed by atoms with E-state index < -0.39 is 0 Å². The number of benzene rings is 2. The summed E-state index contributed by atoms with van der Waals surface area (Å²) in [5.74, 6) is 0.139. The summed E-state index contributed by atoms with van der Waals surface area (Å²) >= 11 is 3.24. The van der Waals surface area contributed by atoms with Crippen LogP contribution >= 0.6 is 22.7 Å². The molecule has 4 aromatic rings. The fourth-order valence-corrected chi connectivity index (χ4v) is 6.35. The topological polar surface area (TPSA) is 60.9 Å². The van der Waals surface area contributed by atoms with Crippen LogP contribution in [0.4, 0.5) is 5.69 Å². The maximum atomic E-state index is 12.8. The lowest BCUT2D eigenvalue weighted by molar-refractivity contribution is 0.103. The number of ketones is 2. The summed E-state index contributed by atoms with van der Waals surface area (Å²) in [5, 5.41) is 14.5. The van der Waals surface area contributed by atoms with Crippen LogP contribution in [-0.2, 0) is 6.54 Å². The smallest absolute Gasteiger partial charge is 0.185 e. The largest absolute Gasteiger partial charge is 0.508 e. The minimum absolute atomic E-state index is 0.00168. The molecule has 0 spiro atoms. The van der Waals surface area contributed by atoms with E-state index in [-0.39, 0.29) is 17.3 Å². The van der Waals surface area contributed by atoms with E-state index in [4.69, 9.17) is 0 Å². The average Bonchev–Trinajstić information content (AvgIpc) is 3.58. The summed E-state index contributed by atoms with van der Waals surface area (Å²) < 4.78 is 0. The molecule has 2 aromatic carbocycles. The van der Waals surface area contributed by atoms with Crippen LogP contribution in [-0.4, -0.2) is 47.8 Å². The summed E-state index contributed by atoms with van der Waals surface area (Å²) in [6, 6.07) is 17.0. The monoisotopic (exact) mass is 568 g/mol. The molecule has 1 aliphatic heterocycles. The van der Waals surface area contributed by atoms with Gasteiger partial charge in [0.05, 0.1) is 0 Å². The molecule has 1 saturated heterocycles. The molecular formula is C33H32N2O3S2. The Hall–Kier alpha value is -3.78. The lowest BCUT2D eigenvalue weighted by Gasteiger charge is -2.36. The van der Waals surface area contributed by atoms with Crippen LogP contribution in [0.5, 0.6) is 5.75 Å². The normalized spacial score (nSPS) is 14.4. The lowest BCUT2D eigenvalue weighted by atomic mass is 10.0. The SMILES string of the molecule is Cc1ccsc1/C=C/C(=O)c1ccc(N2CCN(Cc3cc(C(=O)/C=C/c4sccc4C)ccc3O)CC2)cc1. The van der Waals surface area contributed by atoms with E-state index in [1.807, 2.05) is 67.1 Å². The van der Waals surface area contributed by atoms with Gasteiger partial charge < -0.3 is 10.0 Å². The van der Waals surface area contributed by atoms with Crippen molar-refractivity contribution in [2.75, 3.05) is 31.1 Å². The number of hydrogen-bond acceptors (Lipinski definition) is 7. The minimum atomic E-state index is -0.0714. The Morgan fingerprint density at radius 3 is 1.88 bits per heavy atom. The molecule has 2 aromatic heterocycles. The van der Waals surface area contributed by atoms with Crippen LogP contribution in [0.2, 0.25) is 0 Å². The highest BCUT2D eigenvalue weighted by Gasteiger charge is 2.19. The Morgan fingerprint density at radius 1 is 0.775 bits per heavy atom. The molecule has 204 valence electrons. The highest BCUT2D eigenvalue weighted by atomic mass is 32.1. The Bertz CT molecular complexity index is 1550. The molecule has 0 aliphatic carbocycles. The Kier molecular flexibility index (Phi) is 8.75. The molecule has 0 amide bonds. The second-order valence-corrected chi connectivity index (χ2v) is 11.9. The Morgan fingerprint density at radius 2 is 1.32 bits per heavy atom. The maximum absolute atomic E-state index is 12.8. The van der Waals surface area contributed by atoms with Crippen LogP contribution in [0.3, 0.4) is 0 Å². The Labute approximate surface area is 243 Å². The number of piperazine rings is 1. The molecule has 40 heavy (non-hydrogen) atoms. The van der Waals surface area contributed by atoms with Crippen molar-refractivity contribution >= 4 is 52.1 Å². The maximum Gasteiger partial charge on any atom is 0.185 e. The second kappa shape index (κ2) is 12.6. The van der Waals surface area contributed by atoms with E-state index in [0.717, 1.165) is 52.7 Å². The average molecular weight is 569 g/mol. The number of rotatable bonds is 9. The van der Waals surface area contributed by atoms with Gasteiger partial charge in [0.2, 0.25) is 0 Å². The van der Waals surface area contributed by atoms with Gasteiger partial charge in [-0.3, -0.25) is 14.5 Å². The van der Waals surface area contributed by atoms with Gasteiger partial charge in [-0.05, 0) is 115 Å². The molecule has 0 atom stereocenters. The second-order valence-electron chi connectivity index (χ2n) is 9.98. The van der Waals surface area contributed by atoms with Crippen LogP contribution in [0.25, 0.3) is 12.2 Å². The first-order valence-corrected chi connectivity index (χ1v) is 15.1. The number of carbonyl (C=O) groups excluding carboxylic acids is 2. The van der Waals surface area contributed by atoms with Crippen molar-refractivity contribution in [1.29, 1.82) is 0 Å². The van der Waals surface area contributed by atoms with Crippen LogP contribution in [0.1, 0.15) is 47.2 Å². The van der Waals surface area contributed by atoms with Crippen molar-refractivity contribution in [1.82, 2.24) is 4.90 Å². The van der Waals surface area contributed by atoms with Gasteiger partial charge in [-0.25, -0.2) is 0 Å². The minimum Gasteiger partial charge on any atom is -0.508 e. The third kappa shape index (κ3) is 6.67. The van der Waals surface area contributed by atoms with E-state index in [0.29, 0.717) is 17.7 Å². The van der Waals surface area contributed by atoms with Crippen molar-refractivity contribution in [3.8, 4) is 5.75 Å². The van der Waals surface area contributed by atoms with Crippen LogP contribution < -0.4 is 4.90 Å². The number of thiophene rings is 2. The number of allylic oxidation sites excluding steroid dienone is 2.